The lowest BCUT2D eigenvalue weighted by Crippen LogP contribution is -2.46. The van der Waals surface area contributed by atoms with Gasteiger partial charge in [-0.25, -0.2) is 13.4 Å². The number of benzene rings is 3. The highest BCUT2D eigenvalue weighted by molar-refractivity contribution is 7.89. The molecule has 0 bridgehead atoms. The second-order valence-corrected chi connectivity index (χ2v) is 11.4. The van der Waals surface area contributed by atoms with Crippen LogP contribution >= 0.6 is 11.3 Å². The average Bonchev–Trinajstić information content (AvgIpc) is 3.31. The third-order valence-electron chi connectivity index (χ3n) is 6.19. The van der Waals surface area contributed by atoms with E-state index in [1.165, 1.54) is 4.31 Å². The Labute approximate surface area is 203 Å². The van der Waals surface area contributed by atoms with E-state index in [1.54, 1.807) is 41.7 Å². The molecule has 2 unspecified atom stereocenters. The molecule has 6 nitrogen and oxygen atoms in total. The molecule has 1 aliphatic heterocycles. The zero-order valence-corrected chi connectivity index (χ0v) is 20.1. The second kappa shape index (κ2) is 9.66. The number of rotatable bonds is 6. The molecule has 1 saturated heterocycles. The van der Waals surface area contributed by atoms with Crippen molar-refractivity contribution in [1.82, 2.24) is 14.6 Å². The zero-order chi connectivity index (χ0) is 23.5. The monoisotopic (exact) mass is 491 g/mol. The minimum atomic E-state index is -3.77. The number of nitrogens with one attached hydrogen (secondary N) is 1. The Kier molecular flexibility index (Phi) is 6.45. The van der Waals surface area contributed by atoms with E-state index in [2.05, 4.69) is 10.3 Å². The highest BCUT2D eigenvalue weighted by atomic mass is 32.2. The van der Waals surface area contributed by atoms with Crippen molar-refractivity contribution < 1.29 is 13.2 Å². The van der Waals surface area contributed by atoms with Crippen LogP contribution in [0.2, 0.25) is 0 Å². The number of hydrogen-bond acceptors (Lipinski definition) is 5. The maximum Gasteiger partial charge on any atom is 0.243 e. The van der Waals surface area contributed by atoms with Crippen LogP contribution in [0.1, 0.15) is 29.5 Å². The minimum Gasteiger partial charge on any atom is -0.349 e. The van der Waals surface area contributed by atoms with Crippen LogP contribution in [0, 0.1) is 5.92 Å². The molecule has 0 spiro atoms. The molecule has 1 aromatic heterocycles. The van der Waals surface area contributed by atoms with Crippen molar-refractivity contribution in [2.24, 2.45) is 5.92 Å². The van der Waals surface area contributed by atoms with Gasteiger partial charge < -0.3 is 5.32 Å². The molecule has 0 aliphatic carbocycles. The summed E-state index contributed by atoms with van der Waals surface area (Å²) in [5.74, 6) is -0.563. The molecule has 2 atom stereocenters. The first kappa shape index (κ1) is 22.7. The van der Waals surface area contributed by atoms with E-state index >= 15 is 0 Å². The smallest absolute Gasteiger partial charge is 0.243 e. The van der Waals surface area contributed by atoms with Crippen molar-refractivity contribution in [3.05, 3.63) is 95.5 Å². The fourth-order valence-electron chi connectivity index (χ4n) is 4.46. The Morgan fingerprint density at radius 1 is 0.941 bits per heavy atom. The molecule has 1 N–H and O–H groups in total. The fraction of sp³-hybridized carbons (Fsp3) is 0.231. The summed E-state index contributed by atoms with van der Waals surface area (Å²) in [6.45, 7) is 0.477. The first-order valence-electron chi connectivity index (χ1n) is 11.3. The van der Waals surface area contributed by atoms with Crippen LogP contribution < -0.4 is 5.32 Å². The van der Waals surface area contributed by atoms with Crippen molar-refractivity contribution in [3.63, 3.8) is 0 Å². The molecule has 1 fully saturated rings. The van der Waals surface area contributed by atoms with E-state index in [1.807, 2.05) is 54.6 Å². The quantitative estimate of drug-likeness (QED) is 0.422. The van der Waals surface area contributed by atoms with Crippen LogP contribution in [0.15, 0.2) is 89.8 Å². The van der Waals surface area contributed by atoms with Crippen LogP contribution in [0.4, 0.5) is 0 Å². The molecule has 4 aromatic rings. The van der Waals surface area contributed by atoms with Gasteiger partial charge in [-0.1, -0.05) is 60.7 Å². The molecular weight excluding hydrogens is 466 g/mol. The summed E-state index contributed by atoms with van der Waals surface area (Å²) in [4.78, 5) is 17.9. The lowest BCUT2D eigenvalue weighted by molar-refractivity contribution is -0.126. The number of piperidine rings is 1. The zero-order valence-electron chi connectivity index (χ0n) is 18.5. The largest absolute Gasteiger partial charge is 0.349 e. The first-order chi connectivity index (χ1) is 16.5. The predicted molar refractivity (Wildman–Crippen MR) is 134 cm³/mol. The standard InChI is InChI=1S/C26H25N3O3S2/c30-26(27-17-25-28-22-13-7-8-14-24(22)33-25)20-15-16-23(19-9-3-1-4-10-19)29(18-20)34(31,32)21-11-5-2-6-12-21/h1-14,20,23H,15-18H2,(H,27,30). The number of amides is 1. The summed E-state index contributed by atoms with van der Waals surface area (Å²) < 4.78 is 29.8. The summed E-state index contributed by atoms with van der Waals surface area (Å²) in [5.41, 5.74) is 1.86. The molecule has 1 aliphatic rings. The number of sulfonamides is 1. The lowest BCUT2D eigenvalue weighted by atomic mass is 9.90. The molecule has 2 heterocycles. The van der Waals surface area contributed by atoms with Gasteiger partial charge in [-0.05, 0) is 42.7 Å². The number of fused-ring (bicyclic) bond motifs is 1. The van der Waals surface area contributed by atoms with Gasteiger partial charge in [-0.3, -0.25) is 4.79 Å². The normalized spacial score (nSPS) is 19.2. The van der Waals surface area contributed by atoms with Crippen molar-refractivity contribution >= 4 is 37.5 Å². The third-order valence-corrected chi connectivity index (χ3v) is 9.12. The SMILES string of the molecule is O=C(NCc1nc2ccccc2s1)C1CCC(c2ccccc2)N(S(=O)(=O)c2ccccc2)C1. The van der Waals surface area contributed by atoms with Gasteiger partial charge in [0.2, 0.25) is 15.9 Å². The van der Waals surface area contributed by atoms with Crippen LogP contribution in [0.25, 0.3) is 10.2 Å². The van der Waals surface area contributed by atoms with Gasteiger partial charge in [0.1, 0.15) is 5.01 Å². The highest BCUT2D eigenvalue weighted by Gasteiger charge is 2.40. The van der Waals surface area contributed by atoms with Crippen LogP contribution in [-0.4, -0.2) is 30.2 Å². The van der Waals surface area contributed by atoms with E-state index in [9.17, 15) is 13.2 Å². The Bertz CT molecular complexity index is 1360. The summed E-state index contributed by atoms with van der Waals surface area (Å²) in [6.07, 6.45) is 1.20. The number of carbonyl (C=O) groups excluding carboxylic acids is 1. The van der Waals surface area contributed by atoms with Crippen molar-refractivity contribution in [2.75, 3.05) is 6.54 Å². The van der Waals surface area contributed by atoms with Gasteiger partial charge in [-0.15, -0.1) is 11.3 Å². The van der Waals surface area contributed by atoms with Gasteiger partial charge in [0.05, 0.1) is 33.6 Å². The molecule has 8 heteroatoms. The third kappa shape index (κ3) is 4.61. The number of aromatic nitrogens is 1. The molecule has 3 aromatic carbocycles. The van der Waals surface area contributed by atoms with Crippen molar-refractivity contribution in [1.29, 1.82) is 0 Å². The van der Waals surface area contributed by atoms with Crippen molar-refractivity contribution in [3.8, 4) is 0 Å². The van der Waals surface area contributed by atoms with Crippen LogP contribution in [-0.2, 0) is 21.4 Å². The van der Waals surface area contributed by atoms with E-state index < -0.39 is 15.9 Å². The van der Waals surface area contributed by atoms with Gasteiger partial charge in [0.15, 0.2) is 0 Å². The topological polar surface area (TPSA) is 79.4 Å². The highest BCUT2D eigenvalue weighted by Crippen LogP contribution is 2.37. The summed E-state index contributed by atoms with van der Waals surface area (Å²) in [5, 5.41) is 3.82. The van der Waals surface area contributed by atoms with E-state index in [-0.39, 0.29) is 23.4 Å². The molecule has 34 heavy (non-hydrogen) atoms. The summed E-state index contributed by atoms with van der Waals surface area (Å²) in [6, 6.07) is 25.7. The first-order valence-corrected chi connectivity index (χ1v) is 13.5. The maximum atomic E-state index is 13.6. The Balaban J connectivity index is 1.36. The van der Waals surface area contributed by atoms with E-state index in [0.717, 1.165) is 20.8 Å². The number of para-hydroxylation sites is 1. The molecular formula is C26H25N3O3S2. The predicted octanol–water partition coefficient (Wildman–Crippen LogP) is 4.75. The molecule has 174 valence electrons. The Morgan fingerprint density at radius 2 is 1.62 bits per heavy atom. The molecule has 0 saturated carbocycles. The lowest BCUT2D eigenvalue weighted by Gasteiger charge is -2.38. The van der Waals surface area contributed by atoms with E-state index in [0.29, 0.717) is 19.4 Å². The van der Waals surface area contributed by atoms with Crippen LogP contribution in [0.3, 0.4) is 0 Å². The Morgan fingerprint density at radius 3 is 2.35 bits per heavy atom. The molecule has 1 amide bonds. The maximum absolute atomic E-state index is 13.6. The fourth-order valence-corrected chi connectivity index (χ4v) is 7.07. The summed E-state index contributed by atoms with van der Waals surface area (Å²) >= 11 is 1.55. The van der Waals surface area contributed by atoms with Gasteiger partial charge in [-0.2, -0.15) is 4.31 Å². The number of thiazole rings is 1. The Hall–Kier alpha value is -3.07. The second-order valence-electron chi connectivity index (χ2n) is 8.38. The van der Waals surface area contributed by atoms with E-state index in [4.69, 9.17) is 0 Å². The minimum absolute atomic E-state index is 0.140. The van der Waals surface area contributed by atoms with Crippen molar-refractivity contribution in [2.45, 2.75) is 30.3 Å². The number of carbonyl (C=O) groups is 1. The van der Waals surface area contributed by atoms with Gasteiger partial charge >= 0.3 is 0 Å². The van der Waals surface area contributed by atoms with Gasteiger partial charge in [0, 0.05) is 6.54 Å². The average molecular weight is 492 g/mol. The van der Waals surface area contributed by atoms with Crippen LogP contribution in [0.5, 0.6) is 0 Å². The molecule has 0 radical (unpaired) electrons. The van der Waals surface area contributed by atoms with Gasteiger partial charge in [0.25, 0.3) is 0 Å². The number of nitrogens with zero attached hydrogens (tertiary/aromatic N) is 2. The summed E-state index contributed by atoms with van der Waals surface area (Å²) in [7, 11) is -3.77. The molecule has 5 rings (SSSR count). The number of hydrogen-bond donors (Lipinski definition) is 1.